The van der Waals surface area contributed by atoms with Crippen LogP contribution in [0.5, 0.6) is 0 Å². The maximum absolute atomic E-state index is 12.1. The monoisotopic (exact) mass is 352 g/mol. The molecule has 24 heavy (non-hydrogen) atoms. The zero-order chi connectivity index (χ0) is 17.7. The normalized spacial score (nSPS) is 19.6. The molecule has 0 radical (unpaired) electrons. The number of guanidine groups is 1. The molecule has 1 unspecified atom stereocenters. The van der Waals surface area contributed by atoms with Gasteiger partial charge in [-0.2, -0.15) is 0 Å². The maximum Gasteiger partial charge on any atom is 0.242 e. The highest BCUT2D eigenvalue weighted by Gasteiger charge is 2.19. The maximum atomic E-state index is 12.1. The first-order valence-electron chi connectivity index (χ1n) is 8.31. The molecule has 0 bridgehead atoms. The predicted molar refractivity (Wildman–Crippen MR) is 97.5 cm³/mol. The van der Waals surface area contributed by atoms with E-state index in [2.05, 4.69) is 22.1 Å². The van der Waals surface area contributed by atoms with Gasteiger partial charge in [-0.3, -0.25) is 4.99 Å². The van der Waals surface area contributed by atoms with Crippen LogP contribution in [-0.4, -0.2) is 57.8 Å². The zero-order valence-corrected chi connectivity index (χ0v) is 15.8. The molecule has 0 spiro atoms. The minimum atomic E-state index is -3.37. The second-order valence-electron chi connectivity index (χ2n) is 6.53. The van der Waals surface area contributed by atoms with Crippen molar-refractivity contribution in [3.8, 4) is 0 Å². The minimum Gasteiger partial charge on any atom is -0.352 e. The molecule has 7 heteroatoms. The fraction of sp³-hybridized carbons (Fsp3) is 0.588. The number of sulfonamides is 1. The van der Waals surface area contributed by atoms with Crippen molar-refractivity contribution in [2.24, 2.45) is 10.9 Å². The third-order valence-electron chi connectivity index (χ3n) is 4.32. The van der Waals surface area contributed by atoms with Crippen molar-refractivity contribution >= 4 is 16.0 Å². The van der Waals surface area contributed by atoms with E-state index in [0.29, 0.717) is 17.4 Å². The van der Waals surface area contributed by atoms with Crippen molar-refractivity contribution in [1.29, 1.82) is 0 Å². The lowest BCUT2D eigenvalue weighted by Crippen LogP contribution is -2.45. The van der Waals surface area contributed by atoms with Gasteiger partial charge in [0.2, 0.25) is 10.0 Å². The molecule has 2 rings (SSSR count). The molecule has 1 aromatic rings. The highest BCUT2D eigenvalue weighted by atomic mass is 32.2. The Balaban J connectivity index is 1.99. The van der Waals surface area contributed by atoms with E-state index in [9.17, 15) is 8.42 Å². The quantitative estimate of drug-likeness (QED) is 0.662. The van der Waals surface area contributed by atoms with Gasteiger partial charge in [-0.15, -0.1) is 0 Å². The summed E-state index contributed by atoms with van der Waals surface area (Å²) in [6.45, 7) is 4.95. The fourth-order valence-electron chi connectivity index (χ4n) is 2.89. The minimum absolute atomic E-state index is 0.311. The molecule has 1 N–H and O–H groups in total. The highest BCUT2D eigenvalue weighted by molar-refractivity contribution is 7.89. The molecular formula is C17H28N4O2S. The van der Waals surface area contributed by atoms with E-state index < -0.39 is 10.0 Å². The van der Waals surface area contributed by atoms with Gasteiger partial charge in [-0.25, -0.2) is 12.7 Å². The summed E-state index contributed by atoms with van der Waals surface area (Å²) < 4.78 is 25.4. The van der Waals surface area contributed by atoms with Gasteiger partial charge in [-0.1, -0.05) is 19.1 Å². The third-order valence-corrected chi connectivity index (χ3v) is 6.15. The molecule has 1 heterocycles. The van der Waals surface area contributed by atoms with Gasteiger partial charge < -0.3 is 10.2 Å². The second-order valence-corrected chi connectivity index (χ2v) is 8.68. The summed E-state index contributed by atoms with van der Waals surface area (Å²) in [6, 6.07) is 6.99. The third kappa shape index (κ3) is 4.48. The van der Waals surface area contributed by atoms with Crippen LogP contribution in [0.3, 0.4) is 0 Å². The Labute approximate surface area is 145 Å². The number of rotatable bonds is 4. The number of hydrogen-bond donors (Lipinski definition) is 1. The van der Waals surface area contributed by atoms with Crippen LogP contribution in [0.15, 0.2) is 34.2 Å². The standard InChI is InChI=1S/C17H28N4O2S/c1-14-6-5-11-21(13-14)17(18-2)19-12-15-7-9-16(10-8-15)24(22,23)20(3)4/h7-10,14H,5-6,11-13H2,1-4H3,(H,18,19). The summed E-state index contributed by atoms with van der Waals surface area (Å²) in [7, 11) is 1.50. The Hall–Kier alpha value is -1.60. The van der Waals surface area contributed by atoms with Crippen LogP contribution in [0.2, 0.25) is 0 Å². The lowest BCUT2D eigenvalue weighted by Gasteiger charge is -2.33. The van der Waals surface area contributed by atoms with E-state index in [4.69, 9.17) is 0 Å². The Kier molecular flexibility index (Phi) is 6.23. The topological polar surface area (TPSA) is 65.0 Å². The fourth-order valence-corrected chi connectivity index (χ4v) is 3.79. The van der Waals surface area contributed by atoms with Gasteiger partial charge >= 0.3 is 0 Å². The van der Waals surface area contributed by atoms with Crippen molar-refractivity contribution in [2.45, 2.75) is 31.2 Å². The summed E-state index contributed by atoms with van der Waals surface area (Å²) >= 11 is 0. The lowest BCUT2D eigenvalue weighted by molar-refractivity contribution is 0.266. The molecule has 0 amide bonds. The van der Waals surface area contributed by atoms with Crippen LogP contribution in [0, 0.1) is 5.92 Å². The van der Waals surface area contributed by atoms with E-state index in [1.165, 1.54) is 31.2 Å². The number of aliphatic imine (C=N–C) groups is 1. The van der Waals surface area contributed by atoms with Crippen LogP contribution < -0.4 is 5.32 Å². The van der Waals surface area contributed by atoms with Crippen molar-refractivity contribution in [3.63, 3.8) is 0 Å². The molecule has 0 aromatic heterocycles. The van der Waals surface area contributed by atoms with Gasteiger partial charge in [0.25, 0.3) is 0 Å². The average Bonchev–Trinajstić information content (AvgIpc) is 2.56. The lowest BCUT2D eigenvalue weighted by atomic mass is 10.0. The molecule has 1 saturated heterocycles. The Morgan fingerprint density at radius 1 is 1.33 bits per heavy atom. The molecular weight excluding hydrogens is 324 g/mol. The van der Waals surface area contributed by atoms with Crippen LogP contribution in [0.1, 0.15) is 25.3 Å². The summed E-state index contributed by atoms with van der Waals surface area (Å²) in [5.41, 5.74) is 1.03. The summed E-state index contributed by atoms with van der Waals surface area (Å²) in [4.78, 5) is 6.97. The first-order valence-corrected chi connectivity index (χ1v) is 9.75. The molecule has 6 nitrogen and oxygen atoms in total. The predicted octanol–water partition coefficient (Wildman–Crippen LogP) is 1.74. The van der Waals surface area contributed by atoms with Crippen LogP contribution in [0.25, 0.3) is 0 Å². The van der Waals surface area contributed by atoms with Crippen molar-refractivity contribution < 1.29 is 8.42 Å². The first kappa shape index (κ1) is 18.7. The molecule has 1 fully saturated rings. The molecule has 1 aliphatic heterocycles. The Morgan fingerprint density at radius 3 is 2.54 bits per heavy atom. The van der Waals surface area contributed by atoms with Crippen molar-refractivity contribution in [3.05, 3.63) is 29.8 Å². The summed E-state index contributed by atoms with van der Waals surface area (Å²) in [5, 5.41) is 3.37. The molecule has 0 saturated carbocycles. The van der Waals surface area contributed by atoms with Gasteiger partial charge in [0.1, 0.15) is 0 Å². The van der Waals surface area contributed by atoms with Gasteiger partial charge in [-0.05, 0) is 36.5 Å². The largest absolute Gasteiger partial charge is 0.352 e. The number of benzene rings is 1. The number of nitrogens with zero attached hydrogens (tertiary/aromatic N) is 3. The van der Waals surface area contributed by atoms with Gasteiger partial charge in [0.15, 0.2) is 5.96 Å². The van der Waals surface area contributed by atoms with E-state index in [-0.39, 0.29) is 0 Å². The molecule has 134 valence electrons. The summed E-state index contributed by atoms with van der Waals surface area (Å²) in [5.74, 6) is 1.60. The Bertz CT molecular complexity index is 668. The highest BCUT2D eigenvalue weighted by Crippen LogP contribution is 2.16. The number of likely N-dealkylation sites (tertiary alicyclic amines) is 1. The first-order chi connectivity index (χ1) is 11.3. The van der Waals surface area contributed by atoms with E-state index >= 15 is 0 Å². The summed E-state index contributed by atoms with van der Waals surface area (Å²) in [6.07, 6.45) is 2.47. The Morgan fingerprint density at radius 2 is 2.00 bits per heavy atom. The van der Waals surface area contributed by atoms with Gasteiger partial charge in [0, 0.05) is 40.8 Å². The number of nitrogens with one attached hydrogen (secondary N) is 1. The van der Waals surface area contributed by atoms with Crippen LogP contribution >= 0.6 is 0 Å². The molecule has 1 aliphatic rings. The zero-order valence-electron chi connectivity index (χ0n) is 15.0. The second kappa shape index (κ2) is 7.98. The number of hydrogen-bond acceptors (Lipinski definition) is 3. The van der Waals surface area contributed by atoms with Crippen LogP contribution in [-0.2, 0) is 16.6 Å². The van der Waals surface area contributed by atoms with E-state index in [0.717, 1.165) is 24.6 Å². The smallest absolute Gasteiger partial charge is 0.242 e. The molecule has 1 aromatic carbocycles. The number of piperidine rings is 1. The SMILES string of the molecule is CN=C(NCc1ccc(S(=O)(=O)N(C)C)cc1)N1CCCC(C)C1. The van der Waals surface area contributed by atoms with Crippen molar-refractivity contribution in [1.82, 2.24) is 14.5 Å². The molecule has 0 aliphatic carbocycles. The van der Waals surface area contributed by atoms with E-state index in [1.807, 2.05) is 12.1 Å². The van der Waals surface area contributed by atoms with Crippen LogP contribution in [0.4, 0.5) is 0 Å². The van der Waals surface area contributed by atoms with Gasteiger partial charge in [0.05, 0.1) is 4.90 Å². The van der Waals surface area contributed by atoms with Crippen molar-refractivity contribution in [2.75, 3.05) is 34.2 Å². The van der Waals surface area contributed by atoms with E-state index in [1.54, 1.807) is 19.2 Å². The molecule has 1 atom stereocenters. The average molecular weight is 353 g/mol.